The second-order valence-corrected chi connectivity index (χ2v) is 7.06. The smallest absolute Gasteiger partial charge is 0.341 e. The average Bonchev–Trinajstić information content (AvgIpc) is 3.28. The molecule has 1 aromatic heterocycles. The van der Waals surface area contributed by atoms with E-state index >= 15 is 0 Å². The van der Waals surface area contributed by atoms with Crippen LogP contribution in [0, 0.1) is 0 Å². The van der Waals surface area contributed by atoms with E-state index in [-0.39, 0.29) is 11.9 Å². The van der Waals surface area contributed by atoms with Crippen molar-refractivity contribution >= 4 is 40.8 Å². The minimum absolute atomic E-state index is 0.166. The maximum absolute atomic E-state index is 12.8. The Kier molecular flexibility index (Phi) is 6.42. The molecule has 0 saturated carbocycles. The van der Waals surface area contributed by atoms with Gasteiger partial charge in [-0.15, -0.1) is 0 Å². The van der Waals surface area contributed by atoms with Crippen LogP contribution in [0.5, 0.6) is 0 Å². The minimum Gasteiger partial charge on any atom is -0.467 e. The molecule has 6 nitrogen and oxygen atoms in total. The molecule has 1 aliphatic heterocycles. The fourth-order valence-corrected chi connectivity index (χ4v) is 3.50. The van der Waals surface area contributed by atoms with Gasteiger partial charge in [-0.05, 0) is 50.6 Å². The van der Waals surface area contributed by atoms with E-state index in [4.69, 9.17) is 32.4 Å². The van der Waals surface area contributed by atoms with Crippen LogP contribution < -0.4 is 5.32 Å². The Hall–Kier alpha value is -2.02. The first-order valence-corrected chi connectivity index (χ1v) is 9.48. The van der Waals surface area contributed by atoms with Gasteiger partial charge in [0.05, 0.1) is 36.2 Å². The molecule has 1 N–H and O–H groups in total. The first kappa shape index (κ1) is 19.7. The number of amides is 1. The normalized spacial score (nSPS) is 17.1. The van der Waals surface area contributed by atoms with Crippen molar-refractivity contribution in [2.75, 3.05) is 18.5 Å². The Morgan fingerprint density at radius 3 is 2.93 bits per heavy atom. The quantitative estimate of drug-likeness (QED) is 0.715. The number of halogens is 2. The van der Waals surface area contributed by atoms with Crippen LogP contribution >= 0.6 is 23.2 Å². The summed E-state index contributed by atoms with van der Waals surface area (Å²) >= 11 is 12.1. The number of hydrogen-bond donors (Lipinski definition) is 1. The van der Waals surface area contributed by atoms with Gasteiger partial charge < -0.3 is 14.5 Å². The van der Waals surface area contributed by atoms with Gasteiger partial charge in [0, 0.05) is 5.02 Å². The Labute approximate surface area is 167 Å². The SMILES string of the molecule is CCOC(=O)c1ccoc1CN1CCC[C@H]1C(=O)Nc1cc(Cl)ccc1Cl. The van der Waals surface area contributed by atoms with Gasteiger partial charge in [-0.1, -0.05) is 23.2 Å². The highest BCUT2D eigenvalue weighted by atomic mass is 35.5. The number of nitrogens with zero attached hydrogens (tertiary/aromatic N) is 1. The molecule has 0 unspecified atom stereocenters. The molecule has 0 spiro atoms. The maximum Gasteiger partial charge on any atom is 0.341 e. The van der Waals surface area contributed by atoms with Gasteiger partial charge in [-0.3, -0.25) is 9.69 Å². The molecule has 2 heterocycles. The lowest BCUT2D eigenvalue weighted by molar-refractivity contribution is -0.120. The topological polar surface area (TPSA) is 71.8 Å². The molecule has 8 heteroatoms. The van der Waals surface area contributed by atoms with Crippen molar-refractivity contribution in [3.05, 3.63) is 51.9 Å². The molecule has 1 fully saturated rings. The number of hydrogen-bond acceptors (Lipinski definition) is 5. The summed E-state index contributed by atoms with van der Waals surface area (Å²) in [5.74, 6) is -0.0954. The molecular weight excluding hydrogens is 391 g/mol. The molecular formula is C19H20Cl2N2O4. The Morgan fingerprint density at radius 2 is 2.15 bits per heavy atom. The fraction of sp³-hybridized carbons (Fsp3) is 0.368. The first-order chi connectivity index (χ1) is 13.0. The van der Waals surface area contributed by atoms with Crippen molar-refractivity contribution in [2.24, 2.45) is 0 Å². The van der Waals surface area contributed by atoms with Crippen LogP contribution in [0.1, 0.15) is 35.9 Å². The lowest BCUT2D eigenvalue weighted by Gasteiger charge is -2.23. The highest BCUT2D eigenvalue weighted by Crippen LogP contribution is 2.28. The zero-order valence-corrected chi connectivity index (χ0v) is 16.3. The summed E-state index contributed by atoms with van der Waals surface area (Å²) in [6.07, 6.45) is 3.04. The minimum atomic E-state index is -0.424. The van der Waals surface area contributed by atoms with Crippen LogP contribution in [0.25, 0.3) is 0 Å². The Bertz CT molecular complexity index is 837. The molecule has 27 heavy (non-hydrogen) atoms. The number of carbonyl (C=O) groups is 2. The van der Waals surface area contributed by atoms with E-state index in [1.54, 1.807) is 31.2 Å². The Balaban J connectivity index is 1.70. The van der Waals surface area contributed by atoms with Crippen molar-refractivity contribution in [3.63, 3.8) is 0 Å². The molecule has 1 aliphatic rings. The van der Waals surface area contributed by atoms with Crippen molar-refractivity contribution in [3.8, 4) is 0 Å². The zero-order chi connectivity index (χ0) is 19.4. The summed E-state index contributed by atoms with van der Waals surface area (Å²) in [5.41, 5.74) is 0.868. The summed E-state index contributed by atoms with van der Waals surface area (Å²) in [6.45, 7) is 3.12. The second kappa shape index (κ2) is 8.78. The molecule has 1 atom stereocenters. The molecule has 1 aromatic carbocycles. The van der Waals surface area contributed by atoms with Gasteiger partial charge in [0.2, 0.25) is 5.91 Å². The van der Waals surface area contributed by atoms with Crippen molar-refractivity contribution < 1.29 is 18.7 Å². The van der Waals surface area contributed by atoms with Gasteiger partial charge >= 0.3 is 5.97 Å². The van der Waals surface area contributed by atoms with E-state index in [0.29, 0.717) is 46.6 Å². The number of carbonyl (C=O) groups excluding carboxylic acids is 2. The summed E-state index contributed by atoms with van der Waals surface area (Å²) in [4.78, 5) is 26.8. The number of furan rings is 1. The first-order valence-electron chi connectivity index (χ1n) is 8.73. The average molecular weight is 411 g/mol. The van der Waals surface area contributed by atoms with Gasteiger partial charge in [0.25, 0.3) is 0 Å². The number of rotatable bonds is 6. The molecule has 2 aromatic rings. The lowest BCUT2D eigenvalue weighted by atomic mass is 10.2. The summed E-state index contributed by atoms with van der Waals surface area (Å²) in [6, 6.07) is 6.16. The van der Waals surface area contributed by atoms with E-state index < -0.39 is 5.97 Å². The van der Waals surface area contributed by atoms with Crippen molar-refractivity contribution in [1.29, 1.82) is 0 Å². The molecule has 0 bridgehead atoms. The van der Waals surface area contributed by atoms with Crippen LogP contribution in [0.4, 0.5) is 5.69 Å². The Morgan fingerprint density at radius 1 is 1.33 bits per heavy atom. The molecule has 1 amide bonds. The zero-order valence-electron chi connectivity index (χ0n) is 14.8. The lowest BCUT2D eigenvalue weighted by Crippen LogP contribution is -2.39. The van der Waals surface area contributed by atoms with E-state index in [0.717, 1.165) is 13.0 Å². The molecule has 0 radical (unpaired) electrons. The van der Waals surface area contributed by atoms with Crippen LogP contribution in [-0.2, 0) is 16.1 Å². The number of likely N-dealkylation sites (tertiary alicyclic amines) is 1. The van der Waals surface area contributed by atoms with Crippen molar-refractivity contribution in [2.45, 2.75) is 32.4 Å². The highest BCUT2D eigenvalue weighted by Gasteiger charge is 2.32. The van der Waals surface area contributed by atoms with Crippen LogP contribution in [0.3, 0.4) is 0 Å². The van der Waals surface area contributed by atoms with E-state index in [2.05, 4.69) is 5.32 Å². The fourth-order valence-electron chi connectivity index (χ4n) is 3.16. The number of nitrogens with one attached hydrogen (secondary N) is 1. The predicted octanol–water partition coefficient (Wildman–Crippen LogP) is 4.37. The third kappa shape index (κ3) is 4.64. The van der Waals surface area contributed by atoms with Crippen LogP contribution in [0.2, 0.25) is 10.0 Å². The molecule has 1 saturated heterocycles. The predicted molar refractivity (Wildman–Crippen MR) is 103 cm³/mol. The monoisotopic (exact) mass is 410 g/mol. The molecule has 144 valence electrons. The summed E-state index contributed by atoms with van der Waals surface area (Å²) in [5, 5.41) is 3.76. The third-order valence-corrected chi connectivity index (χ3v) is 5.00. The third-order valence-electron chi connectivity index (χ3n) is 4.44. The second-order valence-electron chi connectivity index (χ2n) is 6.22. The van der Waals surface area contributed by atoms with Crippen LogP contribution in [-0.4, -0.2) is 36.0 Å². The van der Waals surface area contributed by atoms with Crippen LogP contribution in [0.15, 0.2) is 34.9 Å². The largest absolute Gasteiger partial charge is 0.467 e. The maximum atomic E-state index is 12.8. The molecule has 3 rings (SSSR count). The van der Waals surface area contributed by atoms with E-state index in [1.165, 1.54) is 6.26 Å². The van der Waals surface area contributed by atoms with E-state index in [9.17, 15) is 9.59 Å². The van der Waals surface area contributed by atoms with Crippen molar-refractivity contribution in [1.82, 2.24) is 4.90 Å². The highest BCUT2D eigenvalue weighted by molar-refractivity contribution is 6.35. The van der Waals surface area contributed by atoms with Gasteiger partial charge in [0.1, 0.15) is 11.3 Å². The summed E-state index contributed by atoms with van der Waals surface area (Å²) in [7, 11) is 0. The van der Waals surface area contributed by atoms with E-state index in [1.807, 2.05) is 4.90 Å². The van der Waals surface area contributed by atoms with Gasteiger partial charge in [-0.2, -0.15) is 0 Å². The summed E-state index contributed by atoms with van der Waals surface area (Å²) < 4.78 is 10.5. The number of esters is 1. The number of benzene rings is 1. The van der Waals surface area contributed by atoms with Gasteiger partial charge in [-0.25, -0.2) is 4.79 Å². The standard InChI is InChI=1S/C19H20Cl2N2O4/c1-2-26-19(25)13-7-9-27-17(13)11-23-8-3-4-16(23)18(24)22-15-10-12(20)5-6-14(15)21/h5-7,9-10,16H,2-4,8,11H2,1H3,(H,22,24)/t16-/m0/s1. The number of ether oxygens (including phenoxy) is 1. The van der Waals surface area contributed by atoms with Gasteiger partial charge in [0.15, 0.2) is 0 Å². The molecule has 0 aliphatic carbocycles. The number of anilines is 1.